The molecule has 1 aromatic heterocycles. The number of hydrogen-bond acceptors (Lipinski definition) is 6. The van der Waals surface area contributed by atoms with Crippen LogP contribution in [0.3, 0.4) is 0 Å². The molecule has 1 N–H and O–H groups in total. The minimum Gasteiger partial charge on any atom is -0.384 e. The fourth-order valence-electron chi connectivity index (χ4n) is 2.70. The average molecular weight is 298 g/mol. The Labute approximate surface area is 125 Å². The summed E-state index contributed by atoms with van der Waals surface area (Å²) >= 11 is 1.44. The summed E-state index contributed by atoms with van der Waals surface area (Å²) in [5.41, 5.74) is 0. The topological polar surface area (TPSA) is 50.3 Å². The van der Waals surface area contributed by atoms with E-state index in [9.17, 15) is 0 Å². The van der Waals surface area contributed by atoms with Crippen molar-refractivity contribution in [3.05, 3.63) is 5.82 Å². The largest absolute Gasteiger partial charge is 0.384 e. The second-order valence-corrected chi connectivity index (χ2v) is 6.56. The van der Waals surface area contributed by atoms with Gasteiger partial charge in [-0.05, 0) is 32.2 Å². The van der Waals surface area contributed by atoms with Crippen LogP contribution in [0.1, 0.15) is 32.5 Å². The molecule has 5 nitrogen and oxygen atoms in total. The Balaban J connectivity index is 1.75. The van der Waals surface area contributed by atoms with Crippen molar-refractivity contribution in [2.45, 2.75) is 39.2 Å². The molecule has 114 valence electrons. The second kappa shape index (κ2) is 7.90. The van der Waals surface area contributed by atoms with Crippen LogP contribution < -0.4 is 5.32 Å². The van der Waals surface area contributed by atoms with Gasteiger partial charge in [0.05, 0.1) is 6.61 Å². The summed E-state index contributed by atoms with van der Waals surface area (Å²) < 4.78 is 9.38. The summed E-state index contributed by atoms with van der Waals surface area (Å²) in [6.07, 6.45) is 3.48. The Morgan fingerprint density at radius 3 is 3.15 bits per heavy atom. The molecule has 0 aromatic carbocycles. The molecule has 1 saturated heterocycles. The fraction of sp³-hybridized carbons (Fsp3) is 0.857. The molecular formula is C14H26N4OS. The fourth-order valence-corrected chi connectivity index (χ4v) is 3.43. The second-order valence-electron chi connectivity index (χ2n) is 5.81. The molecule has 0 saturated carbocycles. The van der Waals surface area contributed by atoms with E-state index in [1.165, 1.54) is 37.5 Å². The molecule has 0 radical (unpaired) electrons. The number of hydrogen-bond donors (Lipinski definition) is 1. The minimum atomic E-state index is 0.406. The Bertz CT molecular complexity index is 398. The van der Waals surface area contributed by atoms with Crippen LogP contribution in [0.5, 0.6) is 0 Å². The van der Waals surface area contributed by atoms with Gasteiger partial charge in [0.25, 0.3) is 0 Å². The van der Waals surface area contributed by atoms with Crippen molar-refractivity contribution in [2.24, 2.45) is 5.92 Å². The molecule has 2 unspecified atom stereocenters. The molecule has 6 heteroatoms. The van der Waals surface area contributed by atoms with E-state index in [0.717, 1.165) is 29.8 Å². The highest BCUT2D eigenvalue weighted by Crippen LogP contribution is 2.17. The number of methoxy groups -OCH3 is 1. The predicted octanol–water partition coefficient (Wildman–Crippen LogP) is 2.26. The SMILES string of the molecule is COCCc1nsc(NC(C)CN2CCCC(C)C2)n1. The maximum absolute atomic E-state index is 5.04. The first-order valence-corrected chi connectivity index (χ1v) is 8.25. The normalized spacial score (nSPS) is 21.9. The number of nitrogens with zero attached hydrogens (tertiary/aromatic N) is 3. The van der Waals surface area contributed by atoms with Gasteiger partial charge in [-0.1, -0.05) is 6.92 Å². The lowest BCUT2D eigenvalue weighted by Gasteiger charge is -2.32. The van der Waals surface area contributed by atoms with Crippen LogP contribution in [-0.4, -0.2) is 53.7 Å². The number of aromatic nitrogens is 2. The number of nitrogens with one attached hydrogen (secondary N) is 1. The van der Waals surface area contributed by atoms with Gasteiger partial charge in [0.2, 0.25) is 5.13 Å². The van der Waals surface area contributed by atoms with Crippen molar-refractivity contribution in [2.75, 3.05) is 38.7 Å². The summed E-state index contributed by atoms with van der Waals surface area (Å²) in [5.74, 6) is 1.70. The van der Waals surface area contributed by atoms with Crippen molar-refractivity contribution < 1.29 is 4.74 Å². The van der Waals surface area contributed by atoms with Gasteiger partial charge in [-0.2, -0.15) is 4.37 Å². The zero-order valence-corrected chi connectivity index (χ0v) is 13.6. The maximum atomic E-state index is 5.04. The molecule has 20 heavy (non-hydrogen) atoms. The molecule has 1 aromatic rings. The van der Waals surface area contributed by atoms with E-state index in [2.05, 4.69) is 33.4 Å². The van der Waals surface area contributed by atoms with Crippen LogP contribution in [0.15, 0.2) is 0 Å². The predicted molar refractivity (Wildman–Crippen MR) is 83.4 cm³/mol. The van der Waals surface area contributed by atoms with E-state index in [1.54, 1.807) is 7.11 Å². The lowest BCUT2D eigenvalue weighted by molar-refractivity contribution is 0.180. The summed E-state index contributed by atoms with van der Waals surface area (Å²) in [7, 11) is 1.70. The molecule has 1 aliphatic heterocycles. The van der Waals surface area contributed by atoms with Crippen LogP contribution >= 0.6 is 11.5 Å². The molecule has 0 spiro atoms. The Morgan fingerprint density at radius 1 is 1.55 bits per heavy atom. The van der Waals surface area contributed by atoms with E-state index < -0.39 is 0 Å². The number of likely N-dealkylation sites (tertiary alicyclic amines) is 1. The van der Waals surface area contributed by atoms with Crippen LogP contribution in [0.4, 0.5) is 5.13 Å². The van der Waals surface area contributed by atoms with E-state index in [1.807, 2.05) is 0 Å². The highest BCUT2D eigenvalue weighted by atomic mass is 32.1. The molecule has 1 fully saturated rings. The van der Waals surface area contributed by atoms with E-state index >= 15 is 0 Å². The third-order valence-corrected chi connectivity index (χ3v) is 4.33. The van der Waals surface area contributed by atoms with E-state index in [4.69, 9.17) is 4.74 Å². The third-order valence-electron chi connectivity index (χ3n) is 3.64. The Morgan fingerprint density at radius 2 is 2.40 bits per heavy atom. The van der Waals surface area contributed by atoms with Gasteiger partial charge in [0.1, 0.15) is 5.82 Å². The standard InChI is InChI=1S/C14H26N4OS/c1-11-5-4-7-18(9-11)10-12(2)15-14-16-13(17-20-14)6-8-19-3/h11-12H,4-10H2,1-3H3,(H,15,16,17). The minimum absolute atomic E-state index is 0.406. The lowest BCUT2D eigenvalue weighted by atomic mass is 10.00. The van der Waals surface area contributed by atoms with Crippen LogP contribution in [0.2, 0.25) is 0 Å². The Hall–Kier alpha value is -0.720. The molecule has 0 aliphatic carbocycles. The van der Waals surface area contributed by atoms with Crippen LogP contribution in [0, 0.1) is 5.92 Å². The first-order chi connectivity index (χ1) is 9.67. The van der Waals surface area contributed by atoms with E-state index in [-0.39, 0.29) is 0 Å². The van der Waals surface area contributed by atoms with Gasteiger partial charge in [-0.3, -0.25) is 0 Å². The van der Waals surface area contributed by atoms with Crippen molar-refractivity contribution >= 4 is 16.7 Å². The first kappa shape index (κ1) is 15.7. The smallest absolute Gasteiger partial charge is 0.202 e. The average Bonchev–Trinajstić information content (AvgIpc) is 2.83. The molecule has 2 atom stereocenters. The van der Waals surface area contributed by atoms with Crippen LogP contribution in [0.25, 0.3) is 0 Å². The van der Waals surface area contributed by atoms with Gasteiger partial charge in [-0.25, -0.2) is 4.98 Å². The number of anilines is 1. The molecule has 0 bridgehead atoms. The quantitative estimate of drug-likeness (QED) is 0.837. The van der Waals surface area contributed by atoms with Crippen molar-refractivity contribution in [1.82, 2.24) is 14.3 Å². The number of ether oxygens (including phenoxy) is 1. The zero-order valence-electron chi connectivity index (χ0n) is 12.8. The van der Waals surface area contributed by atoms with Gasteiger partial charge >= 0.3 is 0 Å². The molecule has 0 amide bonds. The Kier molecular flexibility index (Phi) is 6.19. The first-order valence-electron chi connectivity index (χ1n) is 7.47. The molecular weight excluding hydrogens is 272 g/mol. The maximum Gasteiger partial charge on any atom is 0.202 e. The summed E-state index contributed by atoms with van der Waals surface area (Å²) in [4.78, 5) is 7.05. The summed E-state index contributed by atoms with van der Waals surface area (Å²) in [6.45, 7) is 8.77. The number of piperidine rings is 1. The van der Waals surface area contributed by atoms with Gasteiger partial charge in [0, 0.05) is 44.2 Å². The van der Waals surface area contributed by atoms with Crippen molar-refractivity contribution in [1.29, 1.82) is 0 Å². The van der Waals surface area contributed by atoms with Gasteiger partial charge in [0.15, 0.2) is 0 Å². The third kappa shape index (κ3) is 5.00. The number of rotatable bonds is 7. The highest BCUT2D eigenvalue weighted by Gasteiger charge is 2.18. The summed E-state index contributed by atoms with van der Waals surface area (Å²) in [5, 5.41) is 4.39. The monoisotopic (exact) mass is 298 g/mol. The van der Waals surface area contributed by atoms with Gasteiger partial charge < -0.3 is 15.0 Å². The molecule has 2 rings (SSSR count). The van der Waals surface area contributed by atoms with Crippen molar-refractivity contribution in [3.8, 4) is 0 Å². The highest BCUT2D eigenvalue weighted by molar-refractivity contribution is 7.09. The molecule has 1 aliphatic rings. The van der Waals surface area contributed by atoms with E-state index in [0.29, 0.717) is 12.6 Å². The summed E-state index contributed by atoms with van der Waals surface area (Å²) in [6, 6.07) is 0.406. The van der Waals surface area contributed by atoms with Gasteiger partial charge in [-0.15, -0.1) is 0 Å². The molecule has 2 heterocycles. The zero-order chi connectivity index (χ0) is 14.4. The van der Waals surface area contributed by atoms with Crippen molar-refractivity contribution in [3.63, 3.8) is 0 Å². The lowest BCUT2D eigenvalue weighted by Crippen LogP contribution is -2.40. The van der Waals surface area contributed by atoms with Crippen LogP contribution in [-0.2, 0) is 11.2 Å².